The quantitative estimate of drug-likeness (QED) is 0.698. The Morgan fingerprint density at radius 3 is 2.30 bits per heavy atom. The van der Waals surface area contributed by atoms with Crippen LogP contribution in [0.2, 0.25) is 0 Å². The van der Waals surface area contributed by atoms with Gasteiger partial charge in [0, 0.05) is 30.1 Å². The topological polar surface area (TPSA) is 85.6 Å². The third-order valence-electron chi connectivity index (χ3n) is 5.15. The molecule has 7 nitrogen and oxygen atoms in total. The molecule has 0 aliphatic heterocycles. The molecule has 1 saturated carbocycles. The summed E-state index contributed by atoms with van der Waals surface area (Å²) in [5.74, 6) is 0.307. The molecule has 156 valence electrons. The zero-order valence-corrected chi connectivity index (χ0v) is 15.9. The smallest absolute Gasteiger partial charge is 0.366 e. The van der Waals surface area contributed by atoms with Crippen LogP contribution < -0.4 is 10.9 Å². The fourth-order valence-corrected chi connectivity index (χ4v) is 3.60. The Hall–Kier alpha value is -3.30. The number of halogens is 3. The first-order valence-electron chi connectivity index (χ1n) is 9.58. The maximum absolute atomic E-state index is 12.6. The van der Waals surface area contributed by atoms with Crippen LogP contribution in [0, 0.1) is 0 Å². The van der Waals surface area contributed by atoms with E-state index in [-0.39, 0.29) is 17.6 Å². The minimum Gasteiger partial charge on any atom is -0.366 e. The third kappa shape index (κ3) is 4.47. The molecule has 3 aromatic rings. The number of anilines is 1. The number of hydrogen-bond donors (Lipinski definition) is 1. The van der Waals surface area contributed by atoms with Crippen LogP contribution >= 0.6 is 0 Å². The van der Waals surface area contributed by atoms with Crippen LogP contribution in [0.15, 0.2) is 53.6 Å². The molecule has 1 fully saturated rings. The van der Waals surface area contributed by atoms with E-state index in [1.807, 2.05) is 12.1 Å². The molecule has 10 heteroatoms. The summed E-state index contributed by atoms with van der Waals surface area (Å²) in [4.78, 5) is 16.3. The van der Waals surface area contributed by atoms with Crippen LogP contribution in [-0.4, -0.2) is 31.0 Å². The first-order chi connectivity index (χ1) is 14.4. The summed E-state index contributed by atoms with van der Waals surface area (Å²) in [6.07, 6.45) is 1.76. The van der Waals surface area contributed by atoms with Crippen molar-refractivity contribution in [3.63, 3.8) is 0 Å². The van der Waals surface area contributed by atoms with E-state index in [4.69, 9.17) is 0 Å². The Labute approximate surface area is 170 Å². The maximum atomic E-state index is 12.6. The molecule has 0 unspecified atom stereocenters. The van der Waals surface area contributed by atoms with Crippen LogP contribution in [0.3, 0.4) is 0 Å². The number of aromatic nitrogens is 5. The van der Waals surface area contributed by atoms with Crippen molar-refractivity contribution >= 4 is 5.82 Å². The largest absolute Gasteiger partial charge is 0.435 e. The number of alkyl halides is 3. The van der Waals surface area contributed by atoms with E-state index in [1.54, 1.807) is 18.5 Å². The highest BCUT2D eigenvalue weighted by Gasteiger charge is 2.33. The Balaban J connectivity index is 1.41. The van der Waals surface area contributed by atoms with Gasteiger partial charge in [-0.1, -0.05) is 0 Å². The lowest BCUT2D eigenvalue weighted by Crippen LogP contribution is -2.33. The molecule has 0 aromatic carbocycles. The summed E-state index contributed by atoms with van der Waals surface area (Å²) >= 11 is 0. The van der Waals surface area contributed by atoms with Crippen molar-refractivity contribution in [1.29, 1.82) is 0 Å². The highest BCUT2D eigenvalue weighted by atomic mass is 19.4. The van der Waals surface area contributed by atoms with Crippen molar-refractivity contribution in [2.45, 2.75) is 43.9 Å². The van der Waals surface area contributed by atoms with Crippen molar-refractivity contribution in [2.75, 3.05) is 5.32 Å². The zero-order chi connectivity index (χ0) is 21.1. The Kier molecular flexibility index (Phi) is 5.47. The lowest BCUT2D eigenvalue weighted by atomic mass is 9.91. The van der Waals surface area contributed by atoms with Crippen LogP contribution in [0.1, 0.15) is 37.4 Å². The molecule has 0 spiro atoms. The minimum atomic E-state index is -4.51. The van der Waals surface area contributed by atoms with Gasteiger partial charge in [0.1, 0.15) is 5.82 Å². The predicted molar refractivity (Wildman–Crippen MR) is 104 cm³/mol. The van der Waals surface area contributed by atoms with E-state index in [0.717, 1.165) is 37.3 Å². The van der Waals surface area contributed by atoms with E-state index in [1.165, 1.54) is 16.8 Å². The summed E-state index contributed by atoms with van der Waals surface area (Å²) in [6, 6.07) is 9.10. The van der Waals surface area contributed by atoms with Gasteiger partial charge in [-0.15, -0.1) is 10.2 Å². The average molecular weight is 416 g/mol. The molecule has 1 N–H and O–H groups in total. The van der Waals surface area contributed by atoms with E-state index in [0.29, 0.717) is 11.5 Å². The van der Waals surface area contributed by atoms with Gasteiger partial charge in [-0.3, -0.25) is 9.78 Å². The second-order valence-electron chi connectivity index (χ2n) is 7.19. The van der Waals surface area contributed by atoms with Crippen molar-refractivity contribution in [3.8, 4) is 11.3 Å². The minimum absolute atomic E-state index is 0.0315. The zero-order valence-electron chi connectivity index (χ0n) is 15.9. The fourth-order valence-electron chi connectivity index (χ4n) is 3.60. The molecule has 0 radical (unpaired) electrons. The van der Waals surface area contributed by atoms with Crippen LogP contribution in [-0.2, 0) is 6.18 Å². The van der Waals surface area contributed by atoms with E-state index < -0.39 is 11.9 Å². The number of rotatable bonds is 4. The fraction of sp³-hybridized carbons (Fsp3) is 0.350. The number of nitrogens with zero attached hydrogens (tertiary/aromatic N) is 5. The molecule has 3 aromatic heterocycles. The molecule has 0 amide bonds. The summed E-state index contributed by atoms with van der Waals surface area (Å²) in [7, 11) is 0. The standard InChI is InChI=1S/C20H19F3N6O/c21-20(22,23)17-6-7-18(27-26-17)25-14-1-3-15(4-2-14)29-19(30)8-5-16(28-29)13-9-11-24-12-10-13/h5-12,14-15H,1-4H2,(H,25,27). The monoisotopic (exact) mass is 416 g/mol. The Morgan fingerprint density at radius 2 is 1.67 bits per heavy atom. The van der Waals surface area contributed by atoms with Crippen LogP contribution in [0.5, 0.6) is 0 Å². The molecule has 0 atom stereocenters. The molecule has 30 heavy (non-hydrogen) atoms. The summed E-state index contributed by atoms with van der Waals surface area (Å²) in [5, 5.41) is 14.5. The summed E-state index contributed by atoms with van der Waals surface area (Å²) in [6.45, 7) is 0. The van der Waals surface area contributed by atoms with Gasteiger partial charge in [0.15, 0.2) is 5.69 Å². The lowest BCUT2D eigenvalue weighted by molar-refractivity contribution is -0.141. The van der Waals surface area contributed by atoms with Gasteiger partial charge < -0.3 is 5.32 Å². The van der Waals surface area contributed by atoms with E-state index >= 15 is 0 Å². The molecule has 1 aliphatic carbocycles. The predicted octanol–water partition coefficient (Wildman–Crippen LogP) is 3.71. The number of nitrogens with one attached hydrogen (secondary N) is 1. The molecule has 3 heterocycles. The van der Waals surface area contributed by atoms with Gasteiger partial charge in [-0.05, 0) is 56.0 Å². The van der Waals surface area contributed by atoms with Crippen LogP contribution in [0.25, 0.3) is 11.3 Å². The summed E-state index contributed by atoms with van der Waals surface area (Å²) in [5.41, 5.74) is 0.418. The normalized spacial score (nSPS) is 19.4. The first kappa shape index (κ1) is 20.0. The Bertz CT molecular complexity index is 1040. The van der Waals surface area contributed by atoms with E-state index in [9.17, 15) is 18.0 Å². The van der Waals surface area contributed by atoms with Crippen molar-refractivity contribution in [3.05, 3.63) is 64.8 Å². The molecular formula is C20H19F3N6O. The van der Waals surface area contributed by atoms with Gasteiger partial charge in [0.2, 0.25) is 0 Å². The van der Waals surface area contributed by atoms with Crippen molar-refractivity contribution < 1.29 is 13.2 Å². The second kappa shape index (κ2) is 8.21. The van der Waals surface area contributed by atoms with Gasteiger partial charge in [-0.2, -0.15) is 18.3 Å². The molecule has 0 saturated heterocycles. The van der Waals surface area contributed by atoms with Gasteiger partial charge in [-0.25, -0.2) is 4.68 Å². The van der Waals surface area contributed by atoms with Gasteiger partial charge >= 0.3 is 6.18 Å². The highest BCUT2D eigenvalue weighted by Crippen LogP contribution is 2.30. The SMILES string of the molecule is O=c1ccc(-c2ccncc2)nn1C1CCC(Nc2ccc(C(F)(F)F)nn2)CC1. The van der Waals surface area contributed by atoms with Crippen molar-refractivity contribution in [1.82, 2.24) is 25.0 Å². The highest BCUT2D eigenvalue weighted by molar-refractivity contribution is 5.57. The molecule has 1 aliphatic rings. The second-order valence-corrected chi connectivity index (χ2v) is 7.19. The summed E-state index contributed by atoms with van der Waals surface area (Å²) < 4.78 is 39.3. The van der Waals surface area contributed by atoms with Gasteiger partial charge in [0.25, 0.3) is 5.56 Å². The molecular weight excluding hydrogens is 397 g/mol. The molecule has 4 rings (SSSR count). The van der Waals surface area contributed by atoms with E-state index in [2.05, 4.69) is 25.6 Å². The maximum Gasteiger partial charge on any atom is 0.435 e. The first-order valence-corrected chi connectivity index (χ1v) is 9.58. The Morgan fingerprint density at radius 1 is 0.933 bits per heavy atom. The third-order valence-corrected chi connectivity index (χ3v) is 5.15. The van der Waals surface area contributed by atoms with Crippen LogP contribution in [0.4, 0.5) is 19.0 Å². The molecule has 0 bridgehead atoms. The number of pyridine rings is 1. The number of hydrogen-bond acceptors (Lipinski definition) is 6. The lowest BCUT2D eigenvalue weighted by Gasteiger charge is -2.29. The average Bonchev–Trinajstić information content (AvgIpc) is 2.75. The van der Waals surface area contributed by atoms with Gasteiger partial charge in [0.05, 0.1) is 11.7 Å². The van der Waals surface area contributed by atoms with Crippen molar-refractivity contribution in [2.24, 2.45) is 0 Å².